The highest BCUT2D eigenvalue weighted by Gasteiger charge is 2.19. The Morgan fingerprint density at radius 3 is 2.60 bits per heavy atom. The molecular weight excluding hydrogens is 266 g/mol. The fraction of sp³-hybridized carbons (Fsp3) is 0.235. The minimum Gasteiger partial charge on any atom is -0.357 e. The van der Waals surface area contributed by atoms with Crippen molar-refractivity contribution in [3.63, 3.8) is 0 Å². The third-order valence-electron chi connectivity index (χ3n) is 3.83. The van der Waals surface area contributed by atoms with Gasteiger partial charge in [-0.05, 0) is 30.7 Å². The maximum absolute atomic E-state index is 12.4. The second-order valence-corrected chi connectivity index (χ2v) is 6.26. The number of ketones is 1. The molecule has 0 spiro atoms. The first-order valence-electron chi connectivity index (χ1n) is 6.72. The lowest BCUT2D eigenvalue weighted by atomic mass is 10.0. The first-order valence-corrected chi connectivity index (χ1v) is 7.71. The van der Waals surface area contributed by atoms with E-state index in [1.165, 1.54) is 16.0 Å². The highest BCUT2D eigenvalue weighted by atomic mass is 32.2. The fourth-order valence-corrected chi connectivity index (χ4v) is 3.36. The number of nitrogens with zero attached hydrogens (tertiary/aromatic N) is 1. The molecule has 0 fully saturated rings. The van der Waals surface area contributed by atoms with Gasteiger partial charge in [0.05, 0.1) is 12.4 Å². The first-order chi connectivity index (χ1) is 9.65. The Kier molecular flexibility index (Phi) is 3.53. The summed E-state index contributed by atoms with van der Waals surface area (Å²) < 4.78 is 0. The predicted molar refractivity (Wildman–Crippen MR) is 85.8 cm³/mol. The zero-order valence-electron chi connectivity index (χ0n) is 11.7. The van der Waals surface area contributed by atoms with Crippen molar-refractivity contribution in [3.8, 4) is 0 Å². The topological polar surface area (TPSA) is 20.3 Å². The number of hydrogen-bond donors (Lipinski definition) is 0. The summed E-state index contributed by atoms with van der Waals surface area (Å²) in [7, 11) is 0. The largest absolute Gasteiger partial charge is 0.357 e. The molecule has 3 heteroatoms. The van der Waals surface area contributed by atoms with Crippen molar-refractivity contribution in [2.75, 3.05) is 12.4 Å². The van der Waals surface area contributed by atoms with E-state index in [0.29, 0.717) is 6.54 Å². The summed E-state index contributed by atoms with van der Waals surface area (Å²) in [5.41, 5.74) is 2.02. The normalized spacial score (nSPS) is 15.2. The van der Waals surface area contributed by atoms with Crippen molar-refractivity contribution in [2.45, 2.75) is 13.8 Å². The quantitative estimate of drug-likeness (QED) is 0.784. The number of benzene rings is 2. The van der Waals surface area contributed by atoms with Gasteiger partial charge in [0.25, 0.3) is 0 Å². The molecule has 0 saturated carbocycles. The van der Waals surface area contributed by atoms with E-state index in [-0.39, 0.29) is 5.78 Å². The Hall–Kier alpha value is -1.74. The molecule has 0 aliphatic carbocycles. The molecule has 0 atom stereocenters. The highest BCUT2D eigenvalue weighted by Crippen LogP contribution is 2.30. The molecule has 0 aromatic heterocycles. The molecule has 0 N–H and O–H groups in total. The van der Waals surface area contributed by atoms with Gasteiger partial charge in [-0.25, -0.2) is 0 Å². The third-order valence-corrected chi connectivity index (χ3v) is 5.00. The monoisotopic (exact) mass is 283 g/mol. The molecule has 3 rings (SSSR count). The van der Waals surface area contributed by atoms with E-state index in [0.717, 1.165) is 16.8 Å². The van der Waals surface area contributed by atoms with E-state index in [4.69, 9.17) is 0 Å². The van der Waals surface area contributed by atoms with E-state index in [1.807, 2.05) is 36.4 Å². The molecule has 0 bridgehead atoms. The average Bonchev–Trinajstić information content (AvgIpc) is 2.78. The van der Waals surface area contributed by atoms with E-state index in [2.05, 4.69) is 24.8 Å². The van der Waals surface area contributed by atoms with Crippen LogP contribution in [0.5, 0.6) is 0 Å². The van der Waals surface area contributed by atoms with Crippen LogP contribution in [-0.2, 0) is 0 Å². The SMILES string of the molecule is CC1=C(C)N(CC(=O)c2ccc3ccccc3c2)CS1. The van der Waals surface area contributed by atoms with E-state index < -0.39 is 0 Å². The van der Waals surface area contributed by atoms with Gasteiger partial charge in [0.1, 0.15) is 0 Å². The standard InChI is InChI=1S/C17H17NOS/c1-12-13(2)20-11-18(12)10-17(19)16-8-7-14-5-3-4-6-15(14)9-16/h3-9H,10-11H2,1-2H3. The van der Waals surface area contributed by atoms with Gasteiger partial charge in [0, 0.05) is 16.2 Å². The van der Waals surface area contributed by atoms with Crippen LogP contribution in [0.4, 0.5) is 0 Å². The van der Waals surface area contributed by atoms with Crippen LogP contribution in [0, 0.1) is 0 Å². The molecule has 1 aliphatic heterocycles. The van der Waals surface area contributed by atoms with Crippen LogP contribution >= 0.6 is 11.8 Å². The van der Waals surface area contributed by atoms with Crippen LogP contribution in [0.15, 0.2) is 53.1 Å². The Labute approximate surface area is 123 Å². The summed E-state index contributed by atoms with van der Waals surface area (Å²) in [5.74, 6) is 1.07. The van der Waals surface area contributed by atoms with Gasteiger partial charge in [-0.15, -0.1) is 11.8 Å². The van der Waals surface area contributed by atoms with Gasteiger partial charge in [0.2, 0.25) is 0 Å². The summed E-state index contributed by atoms with van der Waals surface area (Å²) in [4.78, 5) is 15.9. The Morgan fingerprint density at radius 1 is 1.15 bits per heavy atom. The molecule has 102 valence electrons. The lowest BCUT2D eigenvalue weighted by molar-refractivity contribution is 0.0959. The number of allylic oxidation sites excluding steroid dienone is 2. The minimum atomic E-state index is 0.186. The lowest BCUT2D eigenvalue weighted by Crippen LogP contribution is -2.25. The number of hydrogen-bond acceptors (Lipinski definition) is 3. The van der Waals surface area contributed by atoms with Crippen LogP contribution in [0.1, 0.15) is 24.2 Å². The summed E-state index contributed by atoms with van der Waals surface area (Å²) in [6.45, 7) is 4.66. The van der Waals surface area contributed by atoms with Gasteiger partial charge in [-0.1, -0.05) is 36.4 Å². The molecule has 0 radical (unpaired) electrons. The Morgan fingerprint density at radius 2 is 1.90 bits per heavy atom. The molecule has 0 unspecified atom stereocenters. The minimum absolute atomic E-state index is 0.186. The lowest BCUT2D eigenvalue weighted by Gasteiger charge is -2.18. The highest BCUT2D eigenvalue weighted by molar-refractivity contribution is 8.03. The van der Waals surface area contributed by atoms with Crippen molar-refractivity contribution in [1.82, 2.24) is 4.90 Å². The number of Topliss-reactive ketones (excluding diaryl/α,β-unsaturated/α-hetero) is 1. The molecule has 2 aromatic carbocycles. The van der Waals surface area contributed by atoms with Crippen LogP contribution in [0.2, 0.25) is 0 Å². The maximum Gasteiger partial charge on any atom is 0.182 e. The molecule has 2 nitrogen and oxygen atoms in total. The molecule has 1 aliphatic rings. The van der Waals surface area contributed by atoms with Crippen molar-refractivity contribution >= 4 is 28.3 Å². The summed E-state index contributed by atoms with van der Waals surface area (Å²) >= 11 is 1.81. The summed E-state index contributed by atoms with van der Waals surface area (Å²) in [6.07, 6.45) is 0. The van der Waals surface area contributed by atoms with Crippen molar-refractivity contribution in [1.29, 1.82) is 0 Å². The van der Waals surface area contributed by atoms with Gasteiger partial charge in [-0.2, -0.15) is 0 Å². The van der Waals surface area contributed by atoms with E-state index in [9.17, 15) is 4.79 Å². The molecule has 1 heterocycles. The van der Waals surface area contributed by atoms with Crippen LogP contribution < -0.4 is 0 Å². The fourth-order valence-electron chi connectivity index (χ4n) is 2.39. The van der Waals surface area contributed by atoms with Gasteiger partial charge >= 0.3 is 0 Å². The molecule has 0 amide bonds. The van der Waals surface area contributed by atoms with E-state index >= 15 is 0 Å². The van der Waals surface area contributed by atoms with Gasteiger partial charge in [-0.3, -0.25) is 4.79 Å². The summed E-state index contributed by atoms with van der Waals surface area (Å²) in [6, 6.07) is 14.1. The molecule has 0 saturated heterocycles. The summed E-state index contributed by atoms with van der Waals surface area (Å²) in [5, 5.41) is 2.30. The Balaban J connectivity index is 1.82. The number of rotatable bonds is 3. The second-order valence-electron chi connectivity index (χ2n) is 5.10. The number of carbonyl (C=O) groups is 1. The van der Waals surface area contributed by atoms with Crippen LogP contribution in [0.3, 0.4) is 0 Å². The van der Waals surface area contributed by atoms with Crippen molar-refractivity contribution in [3.05, 3.63) is 58.6 Å². The third kappa shape index (κ3) is 2.46. The van der Waals surface area contributed by atoms with Gasteiger partial charge in [0.15, 0.2) is 5.78 Å². The van der Waals surface area contributed by atoms with Crippen LogP contribution in [-0.4, -0.2) is 23.1 Å². The van der Waals surface area contributed by atoms with Gasteiger partial charge < -0.3 is 4.90 Å². The number of carbonyl (C=O) groups excluding carboxylic acids is 1. The number of thioether (sulfide) groups is 1. The van der Waals surface area contributed by atoms with E-state index in [1.54, 1.807) is 11.8 Å². The smallest absolute Gasteiger partial charge is 0.182 e. The number of fused-ring (bicyclic) bond motifs is 1. The molecular formula is C17H17NOS. The molecule has 20 heavy (non-hydrogen) atoms. The zero-order valence-corrected chi connectivity index (χ0v) is 12.5. The average molecular weight is 283 g/mol. The van der Waals surface area contributed by atoms with Crippen LogP contribution in [0.25, 0.3) is 10.8 Å². The zero-order chi connectivity index (χ0) is 14.1. The molecule has 2 aromatic rings. The Bertz CT molecular complexity index is 705. The second kappa shape index (κ2) is 5.33. The van der Waals surface area contributed by atoms with Crippen molar-refractivity contribution in [2.24, 2.45) is 0 Å². The maximum atomic E-state index is 12.4. The predicted octanol–water partition coefficient (Wildman–Crippen LogP) is 4.28. The van der Waals surface area contributed by atoms with Crippen molar-refractivity contribution < 1.29 is 4.79 Å². The first kappa shape index (κ1) is 13.3.